The van der Waals surface area contributed by atoms with Crippen LogP contribution in [0.15, 0.2) is 12.4 Å². The van der Waals surface area contributed by atoms with E-state index in [-0.39, 0.29) is 5.91 Å². The second-order valence-corrected chi connectivity index (χ2v) is 5.16. The molecule has 1 aliphatic rings. The summed E-state index contributed by atoms with van der Waals surface area (Å²) in [6, 6.07) is 0.474. The van der Waals surface area contributed by atoms with E-state index in [1.165, 1.54) is 0 Å². The molecule has 1 aromatic heterocycles. The van der Waals surface area contributed by atoms with Gasteiger partial charge in [-0.2, -0.15) is 0 Å². The summed E-state index contributed by atoms with van der Waals surface area (Å²) in [4.78, 5) is 15.8. The first-order chi connectivity index (χ1) is 9.29. The van der Waals surface area contributed by atoms with Gasteiger partial charge in [-0.1, -0.05) is 6.92 Å². The Labute approximate surface area is 114 Å². The Morgan fingerprint density at radius 2 is 2.37 bits per heavy atom. The van der Waals surface area contributed by atoms with Crippen molar-refractivity contribution in [3.63, 3.8) is 0 Å². The van der Waals surface area contributed by atoms with Gasteiger partial charge in [0.1, 0.15) is 5.82 Å². The highest BCUT2D eigenvalue weighted by Crippen LogP contribution is 2.18. The molecule has 0 bridgehead atoms. The van der Waals surface area contributed by atoms with Crippen LogP contribution in [0.5, 0.6) is 0 Å². The van der Waals surface area contributed by atoms with Crippen molar-refractivity contribution in [3.8, 4) is 0 Å². The Bertz CT molecular complexity index is 398. The van der Waals surface area contributed by atoms with Crippen LogP contribution in [0.4, 0.5) is 0 Å². The molecule has 2 rings (SSSR count). The Kier molecular flexibility index (Phi) is 5.39. The van der Waals surface area contributed by atoms with Gasteiger partial charge in [-0.05, 0) is 32.2 Å². The fourth-order valence-corrected chi connectivity index (χ4v) is 2.05. The van der Waals surface area contributed by atoms with Crippen LogP contribution in [-0.4, -0.2) is 28.0 Å². The molecule has 0 aliphatic heterocycles. The molecule has 0 atom stereocenters. The van der Waals surface area contributed by atoms with Crippen LogP contribution in [-0.2, 0) is 17.9 Å². The van der Waals surface area contributed by atoms with Crippen LogP contribution in [0, 0.1) is 0 Å². The molecular formula is C14H24N4O. The molecule has 0 radical (unpaired) electrons. The predicted molar refractivity (Wildman–Crippen MR) is 74.6 cm³/mol. The molecule has 2 N–H and O–H groups in total. The van der Waals surface area contributed by atoms with Crippen molar-refractivity contribution >= 4 is 5.91 Å². The van der Waals surface area contributed by atoms with E-state index in [1.54, 1.807) is 0 Å². The lowest BCUT2D eigenvalue weighted by Crippen LogP contribution is -2.26. The number of hydrogen-bond acceptors (Lipinski definition) is 3. The molecule has 1 aliphatic carbocycles. The van der Waals surface area contributed by atoms with E-state index in [0.29, 0.717) is 12.5 Å². The lowest BCUT2D eigenvalue weighted by atomic mass is 10.3. The number of carbonyl (C=O) groups excluding carboxylic acids is 1. The highest BCUT2D eigenvalue weighted by molar-refractivity contribution is 5.76. The Balaban J connectivity index is 1.55. The van der Waals surface area contributed by atoms with Crippen molar-refractivity contribution in [1.82, 2.24) is 20.2 Å². The number of carbonyl (C=O) groups is 1. The zero-order valence-electron chi connectivity index (χ0n) is 11.7. The van der Waals surface area contributed by atoms with Gasteiger partial charge in [-0.15, -0.1) is 0 Å². The first-order valence-corrected chi connectivity index (χ1v) is 7.29. The van der Waals surface area contributed by atoms with Crippen LogP contribution in [0.2, 0.25) is 0 Å². The topological polar surface area (TPSA) is 59.0 Å². The normalized spacial score (nSPS) is 14.6. The summed E-state index contributed by atoms with van der Waals surface area (Å²) in [5.41, 5.74) is 0. The van der Waals surface area contributed by atoms with Crippen molar-refractivity contribution in [3.05, 3.63) is 18.2 Å². The number of aromatic nitrogens is 2. The van der Waals surface area contributed by atoms with E-state index in [2.05, 4.69) is 27.1 Å². The molecule has 1 amide bonds. The first kappa shape index (κ1) is 14.1. The minimum Gasteiger partial charge on any atom is -0.353 e. The van der Waals surface area contributed by atoms with Crippen molar-refractivity contribution in [2.24, 2.45) is 0 Å². The minimum atomic E-state index is 0.191. The maximum Gasteiger partial charge on any atom is 0.220 e. The fraction of sp³-hybridized carbons (Fsp3) is 0.714. The molecule has 1 saturated carbocycles. The number of imidazole rings is 1. The standard InChI is InChI=1S/C14H24N4O/c1-2-9-18-10-8-16-13(18)11-15-7-3-4-14(19)17-12-5-6-12/h8,10,12,15H,2-7,9,11H2,1H3,(H,17,19). The molecule has 0 saturated heterocycles. The van der Waals surface area contributed by atoms with Crippen LogP contribution >= 0.6 is 0 Å². The molecule has 0 unspecified atom stereocenters. The Morgan fingerprint density at radius 3 is 3.11 bits per heavy atom. The molecule has 1 fully saturated rings. The molecule has 0 aromatic carbocycles. The van der Waals surface area contributed by atoms with Gasteiger partial charge in [0.25, 0.3) is 0 Å². The lowest BCUT2D eigenvalue weighted by Gasteiger charge is -2.08. The first-order valence-electron chi connectivity index (χ1n) is 7.29. The Hall–Kier alpha value is -1.36. The van der Waals surface area contributed by atoms with Crippen LogP contribution in [0.1, 0.15) is 44.9 Å². The van der Waals surface area contributed by atoms with Gasteiger partial charge in [-0.25, -0.2) is 4.98 Å². The average Bonchev–Trinajstić information content (AvgIpc) is 3.09. The third-order valence-electron chi connectivity index (χ3n) is 3.25. The second kappa shape index (κ2) is 7.28. The number of nitrogens with one attached hydrogen (secondary N) is 2. The SMILES string of the molecule is CCCn1ccnc1CNCCCC(=O)NC1CC1. The minimum absolute atomic E-state index is 0.191. The number of rotatable bonds is 9. The van der Waals surface area contributed by atoms with E-state index >= 15 is 0 Å². The van der Waals surface area contributed by atoms with Gasteiger partial charge in [0, 0.05) is 31.4 Å². The summed E-state index contributed by atoms with van der Waals surface area (Å²) in [6.07, 6.45) is 8.79. The molecule has 1 aromatic rings. The quantitative estimate of drug-likeness (QED) is 0.664. The monoisotopic (exact) mass is 264 g/mol. The summed E-state index contributed by atoms with van der Waals surface area (Å²) < 4.78 is 2.17. The van der Waals surface area contributed by atoms with Gasteiger partial charge < -0.3 is 15.2 Å². The van der Waals surface area contributed by atoms with Gasteiger partial charge in [0.15, 0.2) is 0 Å². The van der Waals surface area contributed by atoms with Crippen molar-refractivity contribution in [2.75, 3.05) is 6.54 Å². The summed E-state index contributed by atoms with van der Waals surface area (Å²) in [6.45, 7) is 4.81. The molecule has 0 spiro atoms. The van der Waals surface area contributed by atoms with E-state index in [9.17, 15) is 4.79 Å². The highest BCUT2D eigenvalue weighted by atomic mass is 16.1. The second-order valence-electron chi connectivity index (χ2n) is 5.16. The maximum atomic E-state index is 11.5. The van der Waals surface area contributed by atoms with Gasteiger partial charge >= 0.3 is 0 Å². The number of hydrogen-bond donors (Lipinski definition) is 2. The smallest absolute Gasteiger partial charge is 0.220 e. The van der Waals surface area contributed by atoms with Crippen molar-refractivity contribution in [2.45, 2.75) is 58.2 Å². The van der Waals surface area contributed by atoms with Gasteiger partial charge in [0.2, 0.25) is 5.91 Å². The third-order valence-corrected chi connectivity index (χ3v) is 3.25. The molecule has 106 valence electrons. The summed E-state index contributed by atoms with van der Waals surface area (Å²) >= 11 is 0. The molecule has 1 heterocycles. The zero-order valence-corrected chi connectivity index (χ0v) is 11.7. The lowest BCUT2D eigenvalue weighted by molar-refractivity contribution is -0.121. The number of nitrogens with zero attached hydrogens (tertiary/aromatic N) is 2. The van der Waals surface area contributed by atoms with Crippen LogP contribution in [0.25, 0.3) is 0 Å². The van der Waals surface area contributed by atoms with E-state index < -0.39 is 0 Å². The van der Waals surface area contributed by atoms with Crippen LogP contribution in [0.3, 0.4) is 0 Å². The summed E-state index contributed by atoms with van der Waals surface area (Å²) in [5, 5.41) is 6.35. The predicted octanol–water partition coefficient (Wildman–Crippen LogP) is 1.44. The summed E-state index contributed by atoms with van der Waals surface area (Å²) in [5.74, 6) is 1.26. The van der Waals surface area contributed by atoms with E-state index in [0.717, 1.165) is 51.1 Å². The molecular weight excluding hydrogens is 240 g/mol. The van der Waals surface area contributed by atoms with E-state index in [4.69, 9.17) is 0 Å². The van der Waals surface area contributed by atoms with E-state index in [1.807, 2.05) is 12.4 Å². The maximum absolute atomic E-state index is 11.5. The van der Waals surface area contributed by atoms with Crippen molar-refractivity contribution in [1.29, 1.82) is 0 Å². The third kappa shape index (κ3) is 5.03. The fourth-order valence-electron chi connectivity index (χ4n) is 2.05. The Morgan fingerprint density at radius 1 is 1.53 bits per heavy atom. The summed E-state index contributed by atoms with van der Waals surface area (Å²) in [7, 11) is 0. The van der Waals surface area contributed by atoms with Crippen LogP contribution < -0.4 is 10.6 Å². The number of amides is 1. The zero-order chi connectivity index (χ0) is 13.5. The molecule has 19 heavy (non-hydrogen) atoms. The number of aryl methyl sites for hydroxylation is 1. The molecule has 5 nitrogen and oxygen atoms in total. The van der Waals surface area contributed by atoms with Gasteiger partial charge in [-0.3, -0.25) is 4.79 Å². The molecule has 5 heteroatoms. The van der Waals surface area contributed by atoms with Crippen molar-refractivity contribution < 1.29 is 4.79 Å². The van der Waals surface area contributed by atoms with Gasteiger partial charge in [0.05, 0.1) is 6.54 Å². The highest BCUT2D eigenvalue weighted by Gasteiger charge is 2.22. The average molecular weight is 264 g/mol. The largest absolute Gasteiger partial charge is 0.353 e.